The van der Waals surface area contributed by atoms with Gasteiger partial charge in [-0.3, -0.25) is 4.79 Å². The Bertz CT molecular complexity index is 550. The van der Waals surface area contributed by atoms with E-state index in [1.807, 2.05) is 12.1 Å². The Hall–Kier alpha value is -1.02. The Labute approximate surface area is 125 Å². The smallest absolute Gasteiger partial charge is 0.224 e. The number of alkyl halides is 1. The van der Waals surface area contributed by atoms with E-state index in [-0.39, 0.29) is 34.1 Å². The highest BCUT2D eigenvalue weighted by Crippen LogP contribution is 2.68. The topological polar surface area (TPSA) is 29.1 Å². The lowest BCUT2D eigenvalue weighted by molar-refractivity contribution is -0.124. The van der Waals surface area contributed by atoms with Gasteiger partial charge in [-0.05, 0) is 28.4 Å². The van der Waals surface area contributed by atoms with E-state index in [9.17, 15) is 4.79 Å². The van der Waals surface area contributed by atoms with Gasteiger partial charge in [0.2, 0.25) is 5.91 Å². The van der Waals surface area contributed by atoms with Crippen molar-refractivity contribution in [1.82, 2.24) is 5.32 Å². The molecule has 1 amide bonds. The molecule has 0 saturated heterocycles. The van der Waals surface area contributed by atoms with Crippen LogP contribution in [0.3, 0.4) is 0 Å². The number of carbonyl (C=O) groups is 1. The Morgan fingerprint density at radius 1 is 1.20 bits per heavy atom. The molecule has 1 aromatic rings. The van der Waals surface area contributed by atoms with Crippen LogP contribution in [0.5, 0.6) is 0 Å². The fourth-order valence-electron chi connectivity index (χ4n) is 3.80. The molecule has 2 aliphatic carbocycles. The van der Waals surface area contributed by atoms with E-state index in [4.69, 9.17) is 11.6 Å². The summed E-state index contributed by atoms with van der Waals surface area (Å²) in [5.41, 5.74) is 2.57. The second-order valence-corrected chi connectivity index (χ2v) is 7.84. The fraction of sp³-hybridized carbons (Fsp3) is 0.588. The average molecular weight is 292 g/mol. The van der Waals surface area contributed by atoms with Crippen molar-refractivity contribution in [3.63, 3.8) is 0 Å². The molecule has 1 aromatic carbocycles. The zero-order chi connectivity index (χ0) is 14.7. The molecule has 2 atom stereocenters. The second-order valence-electron chi connectivity index (χ2n) is 7.28. The van der Waals surface area contributed by atoms with Crippen molar-refractivity contribution in [3.8, 4) is 0 Å². The molecule has 3 heteroatoms. The Morgan fingerprint density at radius 3 is 2.40 bits per heavy atom. The van der Waals surface area contributed by atoms with Crippen molar-refractivity contribution in [3.05, 3.63) is 35.4 Å². The molecule has 2 unspecified atom stereocenters. The van der Waals surface area contributed by atoms with Gasteiger partial charge in [-0.1, -0.05) is 52.0 Å². The lowest BCUT2D eigenvalue weighted by atomic mass is 10.0. The van der Waals surface area contributed by atoms with E-state index in [1.54, 1.807) is 0 Å². The summed E-state index contributed by atoms with van der Waals surface area (Å²) in [6.07, 6.45) is 0.833. The summed E-state index contributed by atoms with van der Waals surface area (Å²) < 4.78 is 0. The van der Waals surface area contributed by atoms with Crippen LogP contribution in [0, 0.1) is 16.7 Å². The number of amides is 1. The summed E-state index contributed by atoms with van der Waals surface area (Å²) >= 11 is 6.44. The van der Waals surface area contributed by atoms with Crippen LogP contribution < -0.4 is 5.32 Å². The van der Waals surface area contributed by atoms with Gasteiger partial charge in [0, 0.05) is 5.92 Å². The van der Waals surface area contributed by atoms with E-state index in [0.717, 1.165) is 6.42 Å². The lowest BCUT2D eigenvalue weighted by Gasteiger charge is -2.18. The first-order valence-electron chi connectivity index (χ1n) is 7.29. The van der Waals surface area contributed by atoms with Gasteiger partial charge in [0.15, 0.2) is 0 Å². The van der Waals surface area contributed by atoms with Gasteiger partial charge in [0.05, 0.1) is 11.4 Å². The Kier molecular flexibility index (Phi) is 2.95. The molecule has 1 fully saturated rings. The molecule has 3 rings (SSSR count). The molecule has 20 heavy (non-hydrogen) atoms. The SMILES string of the molecule is CC1(C)C(C(=O)NC2c3ccccc3CC2Cl)C1(C)C. The van der Waals surface area contributed by atoms with Crippen LogP contribution in [-0.2, 0) is 11.2 Å². The number of benzene rings is 1. The molecule has 0 spiro atoms. The molecule has 0 bridgehead atoms. The van der Waals surface area contributed by atoms with Gasteiger partial charge in [-0.25, -0.2) is 0 Å². The lowest BCUT2D eigenvalue weighted by Crippen LogP contribution is -2.34. The van der Waals surface area contributed by atoms with Gasteiger partial charge >= 0.3 is 0 Å². The molecule has 0 radical (unpaired) electrons. The van der Waals surface area contributed by atoms with Crippen LogP contribution in [0.1, 0.15) is 44.9 Å². The zero-order valence-electron chi connectivity index (χ0n) is 12.5. The second kappa shape index (κ2) is 4.24. The van der Waals surface area contributed by atoms with E-state index in [1.165, 1.54) is 11.1 Å². The first kappa shape index (κ1) is 13.9. The molecule has 1 saturated carbocycles. The fourth-order valence-corrected chi connectivity index (χ4v) is 4.17. The van der Waals surface area contributed by atoms with Crippen molar-refractivity contribution < 1.29 is 4.79 Å². The van der Waals surface area contributed by atoms with Crippen LogP contribution in [0.15, 0.2) is 24.3 Å². The normalized spacial score (nSPS) is 29.9. The standard InChI is InChI=1S/C17H22ClNO/c1-16(2)14(17(16,3)4)15(20)19-13-11-8-6-5-7-10(11)9-12(13)18/h5-8,12-14H,9H2,1-4H3,(H,19,20). The third-order valence-corrected chi connectivity index (χ3v) is 6.15. The minimum Gasteiger partial charge on any atom is -0.348 e. The minimum atomic E-state index is -0.0485. The van der Waals surface area contributed by atoms with Gasteiger partial charge in [0.1, 0.15) is 0 Å². The van der Waals surface area contributed by atoms with Crippen LogP contribution in [-0.4, -0.2) is 11.3 Å². The van der Waals surface area contributed by atoms with Crippen molar-refractivity contribution in [2.45, 2.75) is 45.5 Å². The van der Waals surface area contributed by atoms with Crippen molar-refractivity contribution >= 4 is 17.5 Å². The summed E-state index contributed by atoms with van der Waals surface area (Å²) in [6.45, 7) is 8.66. The summed E-state index contributed by atoms with van der Waals surface area (Å²) in [5.74, 6) is 0.221. The molecular formula is C17H22ClNO. The highest BCUT2D eigenvalue weighted by atomic mass is 35.5. The molecule has 108 valence electrons. The van der Waals surface area contributed by atoms with Crippen molar-refractivity contribution in [2.24, 2.45) is 16.7 Å². The first-order chi connectivity index (χ1) is 9.26. The highest BCUT2D eigenvalue weighted by molar-refractivity contribution is 6.21. The van der Waals surface area contributed by atoms with Crippen LogP contribution in [0.4, 0.5) is 0 Å². The van der Waals surface area contributed by atoms with E-state index >= 15 is 0 Å². The highest BCUT2D eigenvalue weighted by Gasteiger charge is 2.68. The van der Waals surface area contributed by atoms with Crippen LogP contribution in [0.2, 0.25) is 0 Å². The van der Waals surface area contributed by atoms with Gasteiger partial charge in [-0.15, -0.1) is 11.6 Å². The zero-order valence-corrected chi connectivity index (χ0v) is 13.3. The summed E-state index contributed by atoms with van der Waals surface area (Å²) in [6, 6.07) is 8.17. The Morgan fingerprint density at radius 2 is 1.80 bits per heavy atom. The molecule has 2 aliphatic rings. The first-order valence-corrected chi connectivity index (χ1v) is 7.72. The largest absolute Gasteiger partial charge is 0.348 e. The van der Waals surface area contributed by atoms with E-state index in [2.05, 4.69) is 45.1 Å². The number of hydrogen-bond donors (Lipinski definition) is 1. The molecule has 2 nitrogen and oxygen atoms in total. The third kappa shape index (κ3) is 1.81. The maximum absolute atomic E-state index is 12.6. The molecule has 0 heterocycles. The molecular weight excluding hydrogens is 270 g/mol. The number of halogens is 1. The predicted molar refractivity (Wildman–Crippen MR) is 81.7 cm³/mol. The maximum atomic E-state index is 12.6. The predicted octanol–water partition coefficient (Wildman–Crippen LogP) is 3.69. The number of fused-ring (bicyclic) bond motifs is 1. The summed E-state index contributed by atoms with van der Waals surface area (Å²) in [4.78, 5) is 12.6. The van der Waals surface area contributed by atoms with Gasteiger partial charge in [0.25, 0.3) is 0 Å². The van der Waals surface area contributed by atoms with Crippen LogP contribution in [0.25, 0.3) is 0 Å². The number of carbonyl (C=O) groups excluding carboxylic acids is 1. The number of rotatable bonds is 2. The summed E-state index contributed by atoms with van der Waals surface area (Å²) in [7, 11) is 0. The van der Waals surface area contributed by atoms with E-state index in [0.29, 0.717) is 0 Å². The van der Waals surface area contributed by atoms with Crippen LogP contribution >= 0.6 is 11.6 Å². The summed E-state index contributed by atoms with van der Waals surface area (Å²) in [5, 5.41) is 3.15. The van der Waals surface area contributed by atoms with Gasteiger partial charge in [-0.2, -0.15) is 0 Å². The van der Waals surface area contributed by atoms with Crippen molar-refractivity contribution in [1.29, 1.82) is 0 Å². The third-order valence-electron chi connectivity index (χ3n) is 5.75. The maximum Gasteiger partial charge on any atom is 0.224 e. The van der Waals surface area contributed by atoms with Gasteiger partial charge < -0.3 is 5.32 Å². The molecule has 0 aliphatic heterocycles. The molecule has 1 N–H and O–H groups in total. The average Bonchev–Trinajstić information content (AvgIpc) is 2.63. The monoisotopic (exact) mass is 291 g/mol. The minimum absolute atomic E-state index is 0.0404. The quantitative estimate of drug-likeness (QED) is 0.827. The van der Waals surface area contributed by atoms with Crippen molar-refractivity contribution in [2.75, 3.05) is 0 Å². The Balaban J connectivity index is 1.78. The molecule has 0 aromatic heterocycles. The number of nitrogens with one attached hydrogen (secondary N) is 1. The van der Waals surface area contributed by atoms with E-state index < -0.39 is 0 Å². The number of hydrogen-bond acceptors (Lipinski definition) is 1.